The Bertz CT molecular complexity index is 817. The minimum Gasteiger partial charge on any atom is -0.360 e. The molecule has 20 heavy (non-hydrogen) atoms. The van der Waals surface area contributed by atoms with Crippen LogP contribution in [0.5, 0.6) is 0 Å². The lowest BCUT2D eigenvalue weighted by atomic mass is 10.0. The minimum atomic E-state index is -0.355. The molecule has 3 rings (SSSR count). The molecule has 0 aliphatic rings. The number of nitrogens with one attached hydrogen (secondary N) is 1. The van der Waals surface area contributed by atoms with Crippen molar-refractivity contribution in [3.63, 3.8) is 0 Å². The van der Waals surface area contributed by atoms with Crippen LogP contribution < -0.4 is 0 Å². The predicted octanol–water partition coefficient (Wildman–Crippen LogP) is 4.15. The Kier molecular flexibility index (Phi) is 2.90. The smallest absolute Gasteiger partial charge is 0.195 e. The van der Waals surface area contributed by atoms with Gasteiger partial charge in [0.1, 0.15) is 5.82 Å². The first-order valence-corrected chi connectivity index (χ1v) is 6.45. The molecule has 2 aromatic carbocycles. The van der Waals surface area contributed by atoms with Gasteiger partial charge in [0.25, 0.3) is 0 Å². The van der Waals surface area contributed by atoms with E-state index in [1.165, 1.54) is 6.07 Å². The van der Waals surface area contributed by atoms with Gasteiger partial charge >= 0.3 is 0 Å². The zero-order valence-electron chi connectivity index (χ0n) is 11.3. The Morgan fingerprint density at radius 3 is 2.65 bits per heavy atom. The Morgan fingerprint density at radius 2 is 1.90 bits per heavy atom. The summed E-state index contributed by atoms with van der Waals surface area (Å²) in [6.45, 7) is 3.68. The Balaban J connectivity index is 2.10. The molecule has 0 amide bonds. The van der Waals surface area contributed by atoms with Crippen LogP contribution in [-0.4, -0.2) is 10.8 Å². The number of hydrogen-bond acceptors (Lipinski definition) is 1. The average Bonchev–Trinajstić information content (AvgIpc) is 2.84. The highest BCUT2D eigenvalue weighted by molar-refractivity contribution is 6.16. The van der Waals surface area contributed by atoms with Crippen LogP contribution in [-0.2, 0) is 0 Å². The van der Waals surface area contributed by atoms with Gasteiger partial charge in [-0.15, -0.1) is 0 Å². The van der Waals surface area contributed by atoms with Gasteiger partial charge in [-0.2, -0.15) is 0 Å². The monoisotopic (exact) mass is 267 g/mol. The Morgan fingerprint density at radius 1 is 1.10 bits per heavy atom. The van der Waals surface area contributed by atoms with Crippen molar-refractivity contribution in [1.29, 1.82) is 0 Å². The third kappa shape index (κ3) is 2.01. The number of fused-ring (bicyclic) bond motifs is 1. The molecule has 0 atom stereocenters. The largest absolute Gasteiger partial charge is 0.360 e. The van der Waals surface area contributed by atoms with Gasteiger partial charge in [0.2, 0.25) is 0 Å². The van der Waals surface area contributed by atoms with Crippen molar-refractivity contribution >= 4 is 16.7 Å². The van der Waals surface area contributed by atoms with Crippen LogP contribution in [0, 0.1) is 19.7 Å². The fourth-order valence-corrected chi connectivity index (χ4v) is 2.32. The van der Waals surface area contributed by atoms with Crippen molar-refractivity contribution in [3.8, 4) is 0 Å². The zero-order chi connectivity index (χ0) is 14.3. The summed E-state index contributed by atoms with van der Waals surface area (Å²) in [5.41, 5.74) is 3.52. The van der Waals surface area contributed by atoms with E-state index in [9.17, 15) is 9.18 Å². The van der Waals surface area contributed by atoms with Gasteiger partial charge in [-0.3, -0.25) is 4.79 Å². The molecule has 0 fully saturated rings. The van der Waals surface area contributed by atoms with Gasteiger partial charge in [-0.25, -0.2) is 4.39 Å². The SMILES string of the molecule is Cc1ccc2c(C(=O)c3ccc(C)c(F)c3)c[nH]c2c1. The lowest BCUT2D eigenvalue weighted by molar-refractivity contribution is 0.104. The van der Waals surface area contributed by atoms with E-state index in [0.29, 0.717) is 16.7 Å². The highest BCUT2D eigenvalue weighted by Crippen LogP contribution is 2.23. The summed E-state index contributed by atoms with van der Waals surface area (Å²) in [5, 5.41) is 0.863. The van der Waals surface area contributed by atoms with Gasteiger partial charge < -0.3 is 4.98 Å². The highest BCUT2D eigenvalue weighted by Gasteiger charge is 2.15. The third-order valence-electron chi connectivity index (χ3n) is 3.52. The minimum absolute atomic E-state index is 0.168. The average molecular weight is 267 g/mol. The molecular formula is C17H14FNO. The lowest BCUT2D eigenvalue weighted by Crippen LogP contribution is -2.01. The van der Waals surface area contributed by atoms with Gasteiger partial charge in [0, 0.05) is 28.2 Å². The van der Waals surface area contributed by atoms with E-state index in [4.69, 9.17) is 0 Å². The van der Waals surface area contributed by atoms with Gasteiger partial charge in [0.05, 0.1) is 0 Å². The number of H-pyrrole nitrogens is 1. The molecular weight excluding hydrogens is 253 g/mol. The molecule has 0 bridgehead atoms. The number of rotatable bonds is 2. The fraction of sp³-hybridized carbons (Fsp3) is 0.118. The first-order chi connectivity index (χ1) is 9.56. The second-order valence-electron chi connectivity index (χ2n) is 5.04. The number of aryl methyl sites for hydroxylation is 2. The molecule has 0 aliphatic carbocycles. The molecule has 0 saturated carbocycles. The van der Waals surface area contributed by atoms with Crippen LogP contribution in [0.4, 0.5) is 4.39 Å². The summed E-state index contributed by atoms with van der Waals surface area (Å²) < 4.78 is 13.6. The summed E-state index contributed by atoms with van der Waals surface area (Å²) >= 11 is 0. The van der Waals surface area contributed by atoms with Crippen molar-refractivity contribution in [3.05, 3.63) is 70.7 Å². The van der Waals surface area contributed by atoms with E-state index < -0.39 is 0 Å². The topological polar surface area (TPSA) is 32.9 Å². The second kappa shape index (κ2) is 4.60. The maximum Gasteiger partial charge on any atom is 0.195 e. The third-order valence-corrected chi connectivity index (χ3v) is 3.52. The summed E-state index contributed by atoms with van der Waals surface area (Å²) in [7, 11) is 0. The molecule has 1 heterocycles. The van der Waals surface area contributed by atoms with E-state index in [2.05, 4.69) is 4.98 Å². The Labute approximate surface area is 116 Å². The molecule has 0 saturated heterocycles. The molecule has 0 unspecified atom stereocenters. The number of carbonyl (C=O) groups excluding carboxylic acids is 1. The maximum absolute atomic E-state index is 13.6. The summed E-state index contributed by atoms with van der Waals surface area (Å²) in [5.74, 6) is -0.523. The van der Waals surface area contributed by atoms with Gasteiger partial charge in [-0.1, -0.05) is 24.3 Å². The van der Waals surface area contributed by atoms with Crippen LogP contribution in [0.2, 0.25) is 0 Å². The van der Waals surface area contributed by atoms with Crippen molar-refractivity contribution < 1.29 is 9.18 Å². The molecule has 0 aliphatic heterocycles. The number of ketones is 1. The zero-order valence-corrected chi connectivity index (χ0v) is 11.3. The first-order valence-electron chi connectivity index (χ1n) is 6.45. The van der Waals surface area contributed by atoms with Crippen LogP contribution in [0.1, 0.15) is 27.0 Å². The molecule has 0 radical (unpaired) electrons. The van der Waals surface area contributed by atoms with Crippen molar-refractivity contribution in [2.24, 2.45) is 0 Å². The summed E-state index contributed by atoms with van der Waals surface area (Å²) in [6, 6.07) is 10.4. The van der Waals surface area contributed by atoms with Crippen LogP contribution in [0.3, 0.4) is 0 Å². The number of halogens is 1. The van der Waals surface area contributed by atoms with E-state index in [1.54, 1.807) is 25.3 Å². The van der Waals surface area contributed by atoms with Crippen LogP contribution in [0.25, 0.3) is 10.9 Å². The lowest BCUT2D eigenvalue weighted by Gasteiger charge is -2.02. The predicted molar refractivity (Wildman–Crippen MR) is 77.6 cm³/mol. The number of hydrogen-bond donors (Lipinski definition) is 1. The molecule has 1 N–H and O–H groups in total. The first kappa shape index (κ1) is 12.6. The quantitative estimate of drug-likeness (QED) is 0.695. The Hall–Kier alpha value is -2.42. The molecule has 100 valence electrons. The van der Waals surface area contributed by atoms with E-state index in [-0.39, 0.29) is 11.6 Å². The number of aromatic amines is 1. The number of aromatic nitrogens is 1. The van der Waals surface area contributed by atoms with E-state index in [1.807, 2.05) is 25.1 Å². The second-order valence-corrected chi connectivity index (χ2v) is 5.04. The molecule has 3 aromatic rings. The van der Waals surface area contributed by atoms with E-state index >= 15 is 0 Å². The molecule has 1 aromatic heterocycles. The van der Waals surface area contributed by atoms with Crippen molar-refractivity contribution in [2.45, 2.75) is 13.8 Å². The highest BCUT2D eigenvalue weighted by atomic mass is 19.1. The maximum atomic E-state index is 13.6. The van der Waals surface area contributed by atoms with Crippen molar-refractivity contribution in [1.82, 2.24) is 4.98 Å². The van der Waals surface area contributed by atoms with Gasteiger partial charge in [0.15, 0.2) is 5.78 Å². The van der Waals surface area contributed by atoms with Crippen molar-refractivity contribution in [2.75, 3.05) is 0 Å². The summed E-state index contributed by atoms with van der Waals surface area (Å²) in [6.07, 6.45) is 1.68. The van der Waals surface area contributed by atoms with Gasteiger partial charge in [-0.05, 0) is 37.1 Å². The van der Waals surface area contributed by atoms with Crippen LogP contribution >= 0.6 is 0 Å². The van der Waals surface area contributed by atoms with E-state index in [0.717, 1.165) is 16.5 Å². The number of carbonyl (C=O) groups is 1. The standard InChI is InChI=1S/C17H14FNO/c1-10-3-6-13-14(9-19-16(13)7-10)17(20)12-5-4-11(2)15(18)8-12/h3-9,19H,1-2H3. The molecule has 2 nitrogen and oxygen atoms in total. The summed E-state index contributed by atoms with van der Waals surface area (Å²) in [4.78, 5) is 15.6. The van der Waals surface area contributed by atoms with Crippen LogP contribution in [0.15, 0.2) is 42.6 Å². The molecule has 3 heteroatoms. The fourth-order valence-electron chi connectivity index (χ4n) is 2.32. The number of benzene rings is 2. The molecule has 0 spiro atoms. The normalized spacial score (nSPS) is 10.9.